The second-order valence-corrected chi connectivity index (χ2v) is 6.19. The quantitative estimate of drug-likeness (QED) is 0.807. The van der Waals surface area contributed by atoms with Crippen molar-refractivity contribution in [2.75, 3.05) is 26.2 Å². The predicted molar refractivity (Wildman–Crippen MR) is 71.4 cm³/mol. The molecule has 2 atom stereocenters. The number of amides is 1. The third-order valence-electron chi connectivity index (χ3n) is 4.63. The molecule has 2 heterocycles. The van der Waals surface area contributed by atoms with Crippen molar-refractivity contribution in [1.29, 1.82) is 0 Å². The summed E-state index contributed by atoms with van der Waals surface area (Å²) >= 11 is 0. The molecule has 3 aliphatic rings. The largest absolute Gasteiger partial charge is 0.336 e. The maximum atomic E-state index is 12.3. The second-order valence-electron chi connectivity index (χ2n) is 6.19. The number of hydrogen-bond acceptors (Lipinski definition) is 3. The van der Waals surface area contributed by atoms with Gasteiger partial charge in [0.2, 0.25) is 5.91 Å². The third-order valence-corrected chi connectivity index (χ3v) is 4.63. The monoisotopic (exact) mass is 251 g/mol. The van der Waals surface area contributed by atoms with E-state index in [-0.39, 0.29) is 0 Å². The molecule has 2 aliphatic heterocycles. The van der Waals surface area contributed by atoms with E-state index in [1.54, 1.807) is 0 Å². The first-order valence-corrected chi connectivity index (χ1v) is 7.51. The van der Waals surface area contributed by atoms with E-state index in [0.717, 1.165) is 13.1 Å². The highest BCUT2D eigenvalue weighted by atomic mass is 16.2. The fourth-order valence-electron chi connectivity index (χ4n) is 3.32. The van der Waals surface area contributed by atoms with Crippen molar-refractivity contribution in [3.05, 3.63) is 0 Å². The molecular weight excluding hydrogens is 226 g/mol. The lowest BCUT2D eigenvalue weighted by atomic mass is 9.97. The van der Waals surface area contributed by atoms with Gasteiger partial charge in [0.05, 0.1) is 6.54 Å². The molecule has 2 unspecified atom stereocenters. The van der Waals surface area contributed by atoms with E-state index in [0.29, 0.717) is 30.6 Å². The maximum Gasteiger partial charge on any atom is 0.236 e. The molecular formula is C14H25N3O. The van der Waals surface area contributed by atoms with Crippen LogP contribution in [0.4, 0.5) is 0 Å². The third kappa shape index (κ3) is 2.69. The van der Waals surface area contributed by atoms with Crippen LogP contribution >= 0.6 is 0 Å². The van der Waals surface area contributed by atoms with E-state index in [1.807, 2.05) is 0 Å². The number of rotatable bonds is 3. The molecule has 0 aromatic carbocycles. The highest BCUT2D eigenvalue weighted by Gasteiger charge is 2.35. The van der Waals surface area contributed by atoms with E-state index in [1.165, 1.54) is 38.6 Å². The molecule has 0 bridgehead atoms. The summed E-state index contributed by atoms with van der Waals surface area (Å²) in [5.74, 6) is 0.305. The molecule has 4 nitrogen and oxygen atoms in total. The number of piperazine rings is 1. The number of carbonyl (C=O) groups is 1. The van der Waals surface area contributed by atoms with Crippen LogP contribution in [-0.4, -0.2) is 60.0 Å². The first-order valence-electron chi connectivity index (χ1n) is 7.51. The van der Waals surface area contributed by atoms with Crippen LogP contribution < -0.4 is 5.32 Å². The lowest BCUT2D eigenvalue weighted by Gasteiger charge is -2.47. The molecule has 18 heavy (non-hydrogen) atoms. The van der Waals surface area contributed by atoms with E-state index in [2.05, 4.69) is 22.0 Å². The second kappa shape index (κ2) is 5.17. The summed E-state index contributed by atoms with van der Waals surface area (Å²) in [6, 6.07) is 1.63. The molecule has 1 N–H and O–H groups in total. The highest BCUT2D eigenvalue weighted by Crippen LogP contribution is 2.24. The molecule has 4 heteroatoms. The summed E-state index contributed by atoms with van der Waals surface area (Å²) in [4.78, 5) is 17.0. The Labute approximate surface area is 110 Å². The summed E-state index contributed by atoms with van der Waals surface area (Å²) < 4.78 is 0. The zero-order valence-corrected chi connectivity index (χ0v) is 11.4. The van der Waals surface area contributed by atoms with E-state index in [4.69, 9.17) is 0 Å². The fourth-order valence-corrected chi connectivity index (χ4v) is 3.32. The van der Waals surface area contributed by atoms with Gasteiger partial charge in [0, 0.05) is 31.2 Å². The summed E-state index contributed by atoms with van der Waals surface area (Å²) in [7, 11) is 0. The van der Waals surface area contributed by atoms with Crippen LogP contribution in [0.15, 0.2) is 0 Å². The Morgan fingerprint density at radius 1 is 1.22 bits per heavy atom. The predicted octanol–water partition coefficient (Wildman–Crippen LogP) is 0.824. The minimum Gasteiger partial charge on any atom is -0.336 e. The Hall–Kier alpha value is -0.610. The molecule has 1 aliphatic carbocycles. The van der Waals surface area contributed by atoms with Crippen molar-refractivity contribution in [1.82, 2.24) is 15.1 Å². The van der Waals surface area contributed by atoms with Crippen LogP contribution in [0.25, 0.3) is 0 Å². The number of nitrogens with zero attached hydrogens (tertiary/aromatic N) is 2. The van der Waals surface area contributed by atoms with Crippen molar-refractivity contribution in [3.8, 4) is 0 Å². The number of fused-ring (bicyclic) bond motifs is 1. The molecule has 1 saturated carbocycles. The zero-order chi connectivity index (χ0) is 12.5. The first kappa shape index (κ1) is 12.4. The van der Waals surface area contributed by atoms with Crippen molar-refractivity contribution in [2.45, 2.75) is 57.2 Å². The minimum absolute atomic E-state index is 0.305. The molecule has 0 aromatic heterocycles. The summed E-state index contributed by atoms with van der Waals surface area (Å²) in [6.07, 6.45) is 6.43. The van der Waals surface area contributed by atoms with Gasteiger partial charge < -0.3 is 10.2 Å². The maximum absolute atomic E-state index is 12.3. The Morgan fingerprint density at radius 2 is 2.06 bits per heavy atom. The van der Waals surface area contributed by atoms with E-state index < -0.39 is 0 Å². The molecule has 3 fully saturated rings. The highest BCUT2D eigenvalue weighted by molar-refractivity contribution is 5.78. The minimum atomic E-state index is 0.305. The van der Waals surface area contributed by atoms with Gasteiger partial charge >= 0.3 is 0 Å². The topological polar surface area (TPSA) is 35.6 Å². The Morgan fingerprint density at radius 3 is 2.83 bits per heavy atom. The van der Waals surface area contributed by atoms with Gasteiger partial charge in [-0.3, -0.25) is 9.69 Å². The number of piperidine rings is 1. The smallest absolute Gasteiger partial charge is 0.236 e. The van der Waals surface area contributed by atoms with Gasteiger partial charge in [-0.15, -0.1) is 0 Å². The average Bonchev–Trinajstić information content (AvgIpc) is 3.19. The zero-order valence-electron chi connectivity index (χ0n) is 11.4. The molecule has 0 aromatic rings. The first-order chi connectivity index (χ1) is 8.74. The van der Waals surface area contributed by atoms with Gasteiger partial charge in [0.15, 0.2) is 0 Å². The lowest BCUT2D eigenvalue weighted by molar-refractivity contribution is -0.137. The molecule has 3 rings (SSSR count). The van der Waals surface area contributed by atoms with Gasteiger partial charge in [-0.25, -0.2) is 0 Å². The van der Waals surface area contributed by atoms with Crippen LogP contribution in [0.5, 0.6) is 0 Å². The summed E-state index contributed by atoms with van der Waals surface area (Å²) in [5, 5.41) is 3.34. The average molecular weight is 251 g/mol. The van der Waals surface area contributed by atoms with Crippen LogP contribution in [0.3, 0.4) is 0 Å². The lowest BCUT2D eigenvalue weighted by Crippen LogP contribution is -2.61. The number of nitrogens with one attached hydrogen (secondary N) is 1. The Balaban J connectivity index is 1.55. The standard InChI is InChI=1S/C14H25N3O/c1-11-9-16-7-3-2-4-13(16)10-17(11)14(18)8-15-12-5-6-12/h11-13,15H,2-10H2,1H3. The van der Waals surface area contributed by atoms with Crippen molar-refractivity contribution in [2.24, 2.45) is 0 Å². The SMILES string of the molecule is CC1CN2CCCCC2CN1C(=O)CNC1CC1. The Kier molecular flexibility index (Phi) is 3.57. The molecule has 2 saturated heterocycles. The fraction of sp³-hybridized carbons (Fsp3) is 0.929. The molecule has 102 valence electrons. The van der Waals surface area contributed by atoms with Gasteiger partial charge in [-0.05, 0) is 39.2 Å². The normalized spacial score (nSPS) is 33.3. The molecule has 0 spiro atoms. The van der Waals surface area contributed by atoms with Gasteiger partial charge in [0.25, 0.3) is 0 Å². The van der Waals surface area contributed by atoms with Crippen LogP contribution in [0.1, 0.15) is 39.0 Å². The summed E-state index contributed by atoms with van der Waals surface area (Å²) in [5.41, 5.74) is 0. The van der Waals surface area contributed by atoms with Crippen LogP contribution in [0, 0.1) is 0 Å². The van der Waals surface area contributed by atoms with Gasteiger partial charge in [-0.1, -0.05) is 6.42 Å². The number of carbonyl (C=O) groups excluding carboxylic acids is 1. The van der Waals surface area contributed by atoms with Crippen molar-refractivity contribution in [3.63, 3.8) is 0 Å². The Bertz CT molecular complexity index is 316. The van der Waals surface area contributed by atoms with Crippen LogP contribution in [0.2, 0.25) is 0 Å². The van der Waals surface area contributed by atoms with Crippen molar-refractivity contribution < 1.29 is 4.79 Å². The van der Waals surface area contributed by atoms with E-state index in [9.17, 15) is 4.79 Å². The molecule has 0 radical (unpaired) electrons. The van der Waals surface area contributed by atoms with E-state index >= 15 is 0 Å². The van der Waals surface area contributed by atoms with Crippen LogP contribution in [-0.2, 0) is 4.79 Å². The van der Waals surface area contributed by atoms with Crippen molar-refractivity contribution >= 4 is 5.91 Å². The van der Waals surface area contributed by atoms with Gasteiger partial charge in [-0.2, -0.15) is 0 Å². The van der Waals surface area contributed by atoms with Gasteiger partial charge in [0.1, 0.15) is 0 Å². The molecule has 1 amide bonds. The number of hydrogen-bond donors (Lipinski definition) is 1. The summed E-state index contributed by atoms with van der Waals surface area (Å²) in [6.45, 7) is 5.99.